The average molecular weight is 505 g/mol. The second kappa shape index (κ2) is 11.6. The fraction of sp³-hybridized carbons (Fsp3) is 0.321. The summed E-state index contributed by atoms with van der Waals surface area (Å²) in [5, 5.41) is 12.2. The van der Waals surface area contributed by atoms with Gasteiger partial charge in [0.2, 0.25) is 5.75 Å². The van der Waals surface area contributed by atoms with Crippen LogP contribution in [0.25, 0.3) is 16.7 Å². The average Bonchev–Trinajstić information content (AvgIpc) is 3.29. The van der Waals surface area contributed by atoms with Crippen LogP contribution in [0.5, 0.6) is 23.0 Å². The van der Waals surface area contributed by atoms with Gasteiger partial charge in [-0.3, -0.25) is 4.79 Å². The molecule has 0 aliphatic rings. The lowest BCUT2D eigenvalue weighted by Crippen LogP contribution is -2.14. The second-order valence-electron chi connectivity index (χ2n) is 8.13. The third-order valence-corrected chi connectivity index (χ3v) is 5.52. The highest BCUT2D eigenvalue weighted by Gasteiger charge is 2.19. The van der Waals surface area contributed by atoms with Crippen molar-refractivity contribution in [2.24, 2.45) is 0 Å². The second-order valence-corrected chi connectivity index (χ2v) is 8.13. The lowest BCUT2D eigenvalue weighted by molar-refractivity contribution is 0.102. The number of rotatable bonds is 11. The summed E-state index contributed by atoms with van der Waals surface area (Å²) in [7, 11) is 0. The Bertz CT molecular complexity index is 1350. The molecule has 0 fully saturated rings. The van der Waals surface area contributed by atoms with E-state index in [1.807, 2.05) is 71.0 Å². The van der Waals surface area contributed by atoms with Crippen molar-refractivity contribution >= 4 is 22.6 Å². The number of carbonyl (C=O) groups is 1. The molecule has 194 valence electrons. The van der Waals surface area contributed by atoms with Crippen LogP contribution in [0.3, 0.4) is 0 Å². The van der Waals surface area contributed by atoms with Crippen molar-refractivity contribution in [3.05, 3.63) is 59.7 Å². The van der Waals surface area contributed by atoms with Crippen molar-refractivity contribution in [2.75, 3.05) is 31.7 Å². The van der Waals surface area contributed by atoms with Gasteiger partial charge in [0.05, 0.1) is 32.1 Å². The first-order valence-electron chi connectivity index (χ1n) is 12.5. The summed E-state index contributed by atoms with van der Waals surface area (Å²) < 4.78 is 22.8. The van der Waals surface area contributed by atoms with E-state index < -0.39 is 0 Å². The maximum absolute atomic E-state index is 13.3. The first-order valence-corrected chi connectivity index (χ1v) is 12.5. The van der Waals surface area contributed by atoms with E-state index in [1.54, 1.807) is 16.9 Å². The van der Waals surface area contributed by atoms with Crippen molar-refractivity contribution in [2.45, 2.75) is 34.6 Å². The standard InChI is InChI=1S/C28H32N4O5/c1-6-34-21-12-10-20(11-13-21)32-30-23-14-18(5)22(17-24(23)31-32)29-28(33)19-15-25(35-7-2)27(37-9-4)26(16-19)36-8-3/h10-17H,6-9H2,1-5H3,(H,29,33). The van der Waals surface area contributed by atoms with Gasteiger partial charge in [0.25, 0.3) is 5.91 Å². The van der Waals surface area contributed by atoms with Crippen LogP contribution in [0.15, 0.2) is 48.5 Å². The van der Waals surface area contributed by atoms with E-state index in [0.717, 1.165) is 22.5 Å². The molecule has 0 unspecified atom stereocenters. The summed E-state index contributed by atoms with van der Waals surface area (Å²) in [5.74, 6) is 1.91. The quantitative estimate of drug-likeness (QED) is 0.285. The Morgan fingerprint density at radius 3 is 1.92 bits per heavy atom. The number of anilines is 1. The van der Waals surface area contributed by atoms with E-state index in [4.69, 9.17) is 18.9 Å². The number of hydrogen-bond acceptors (Lipinski definition) is 7. The zero-order chi connectivity index (χ0) is 26.4. The number of nitrogens with zero attached hydrogens (tertiary/aromatic N) is 3. The number of carbonyl (C=O) groups excluding carboxylic acids is 1. The zero-order valence-electron chi connectivity index (χ0n) is 21.8. The molecule has 9 heteroatoms. The van der Waals surface area contributed by atoms with Crippen LogP contribution in [-0.2, 0) is 0 Å². The Kier molecular flexibility index (Phi) is 8.12. The van der Waals surface area contributed by atoms with Crippen LogP contribution < -0.4 is 24.3 Å². The summed E-state index contributed by atoms with van der Waals surface area (Å²) >= 11 is 0. The largest absolute Gasteiger partial charge is 0.494 e. The molecule has 37 heavy (non-hydrogen) atoms. The maximum Gasteiger partial charge on any atom is 0.255 e. The summed E-state index contributed by atoms with van der Waals surface area (Å²) in [5.41, 5.74) is 4.09. The molecule has 1 amide bonds. The van der Waals surface area contributed by atoms with E-state index in [2.05, 4.69) is 15.5 Å². The first-order chi connectivity index (χ1) is 18.0. The van der Waals surface area contributed by atoms with Gasteiger partial charge < -0.3 is 24.3 Å². The third kappa shape index (κ3) is 5.77. The van der Waals surface area contributed by atoms with Gasteiger partial charge >= 0.3 is 0 Å². The molecule has 4 rings (SSSR count). The molecule has 1 aromatic heterocycles. The molecule has 0 radical (unpaired) electrons. The molecule has 1 heterocycles. The van der Waals surface area contributed by atoms with Crippen molar-refractivity contribution in [1.29, 1.82) is 0 Å². The lowest BCUT2D eigenvalue weighted by Gasteiger charge is -2.17. The van der Waals surface area contributed by atoms with Crippen LogP contribution in [0.1, 0.15) is 43.6 Å². The Morgan fingerprint density at radius 2 is 1.35 bits per heavy atom. The molecule has 3 aromatic carbocycles. The molecular formula is C28H32N4O5. The van der Waals surface area contributed by atoms with Crippen molar-refractivity contribution < 1.29 is 23.7 Å². The smallest absolute Gasteiger partial charge is 0.255 e. The van der Waals surface area contributed by atoms with E-state index in [1.165, 1.54) is 0 Å². The SMILES string of the molecule is CCOc1ccc(-n2nc3cc(C)c(NC(=O)c4cc(OCC)c(OCC)c(OCC)c4)cc3n2)cc1. The summed E-state index contributed by atoms with van der Waals surface area (Å²) in [6.07, 6.45) is 0. The zero-order valence-corrected chi connectivity index (χ0v) is 21.8. The highest BCUT2D eigenvalue weighted by atomic mass is 16.5. The van der Waals surface area contributed by atoms with Gasteiger partial charge in [-0.05, 0) is 88.7 Å². The molecule has 4 aromatic rings. The summed E-state index contributed by atoms with van der Waals surface area (Å²) in [4.78, 5) is 14.9. The van der Waals surface area contributed by atoms with Crippen LogP contribution in [0.2, 0.25) is 0 Å². The number of amides is 1. The normalized spacial score (nSPS) is 10.8. The van der Waals surface area contributed by atoms with Gasteiger partial charge in [-0.15, -0.1) is 10.2 Å². The van der Waals surface area contributed by atoms with Gasteiger partial charge in [-0.25, -0.2) is 0 Å². The molecule has 0 atom stereocenters. The van der Waals surface area contributed by atoms with E-state index >= 15 is 0 Å². The Balaban J connectivity index is 1.62. The minimum Gasteiger partial charge on any atom is -0.494 e. The number of benzene rings is 3. The molecule has 0 saturated heterocycles. The molecule has 0 bridgehead atoms. The summed E-state index contributed by atoms with van der Waals surface area (Å²) in [6.45, 7) is 11.4. The molecule has 1 N–H and O–H groups in total. The van der Waals surface area contributed by atoms with Gasteiger partial charge in [0, 0.05) is 11.3 Å². The predicted octanol–water partition coefficient (Wildman–Crippen LogP) is 5.58. The first kappa shape index (κ1) is 25.8. The van der Waals surface area contributed by atoms with Gasteiger partial charge in [-0.2, -0.15) is 4.80 Å². The maximum atomic E-state index is 13.3. The lowest BCUT2D eigenvalue weighted by atomic mass is 10.1. The molecule has 0 aliphatic carbocycles. The van der Waals surface area contributed by atoms with Crippen LogP contribution in [0, 0.1) is 6.92 Å². The monoisotopic (exact) mass is 504 g/mol. The Hall–Kier alpha value is -4.27. The highest BCUT2D eigenvalue weighted by Crippen LogP contribution is 2.39. The van der Waals surface area contributed by atoms with E-state index in [9.17, 15) is 4.79 Å². The van der Waals surface area contributed by atoms with Crippen molar-refractivity contribution in [1.82, 2.24) is 15.0 Å². The highest BCUT2D eigenvalue weighted by molar-refractivity contribution is 6.06. The van der Waals surface area contributed by atoms with Crippen molar-refractivity contribution in [3.8, 4) is 28.7 Å². The van der Waals surface area contributed by atoms with Gasteiger partial charge in [0.15, 0.2) is 11.5 Å². The minimum atomic E-state index is -0.300. The van der Waals surface area contributed by atoms with Crippen LogP contribution >= 0.6 is 0 Å². The van der Waals surface area contributed by atoms with Gasteiger partial charge in [0.1, 0.15) is 16.8 Å². The van der Waals surface area contributed by atoms with Crippen molar-refractivity contribution in [3.63, 3.8) is 0 Å². The number of aromatic nitrogens is 3. The fourth-order valence-corrected chi connectivity index (χ4v) is 3.87. The summed E-state index contributed by atoms with van der Waals surface area (Å²) in [6, 6.07) is 14.6. The molecule has 9 nitrogen and oxygen atoms in total. The molecule has 0 spiro atoms. The molecule has 0 aliphatic heterocycles. The fourth-order valence-electron chi connectivity index (χ4n) is 3.87. The number of ether oxygens (including phenoxy) is 4. The predicted molar refractivity (Wildman–Crippen MR) is 143 cm³/mol. The van der Waals surface area contributed by atoms with Crippen LogP contribution in [0.4, 0.5) is 5.69 Å². The molecule has 0 saturated carbocycles. The van der Waals surface area contributed by atoms with E-state index in [-0.39, 0.29) is 5.91 Å². The topological polar surface area (TPSA) is 96.7 Å². The number of nitrogens with one attached hydrogen (secondary N) is 1. The number of aryl methyl sites for hydroxylation is 1. The number of hydrogen-bond donors (Lipinski definition) is 1. The van der Waals surface area contributed by atoms with Crippen LogP contribution in [-0.4, -0.2) is 47.3 Å². The minimum absolute atomic E-state index is 0.300. The molecular weight excluding hydrogens is 472 g/mol. The Labute approximate surface area is 216 Å². The number of fused-ring (bicyclic) bond motifs is 1. The third-order valence-electron chi connectivity index (χ3n) is 5.52. The Morgan fingerprint density at radius 1 is 0.784 bits per heavy atom. The van der Waals surface area contributed by atoms with E-state index in [0.29, 0.717) is 60.4 Å². The van der Waals surface area contributed by atoms with Gasteiger partial charge in [-0.1, -0.05) is 0 Å².